The van der Waals surface area contributed by atoms with E-state index in [1.54, 1.807) is 6.04 Å². The van der Waals surface area contributed by atoms with E-state index in [0.717, 1.165) is 0 Å². The van der Waals surface area contributed by atoms with Crippen molar-refractivity contribution in [3.8, 4) is 0 Å². The molecule has 0 aromatic heterocycles. The molecule has 0 saturated carbocycles. The highest BCUT2D eigenvalue weighted by atomic mass is 35.6. The highest BCUT2D eigenvalue weighted by Gasteiger charge is 2.10. The Morgan fingerprint density at radius 2 is 2.43 bits per heavy atom. The van der Waals surface area contributed by atoms with Crippen molar-refractivity contribution in [2.75, 3.05) is 0 Å². The Labute approximate surface area is 53.4 Å². The quantitative estimate of drug-likeness (QED) is 0.356. The van der Waals surface area contributed by atoms with Gasteiger partial charge in [0.2, 0.25) is 0 Å². The number of rotatable bonds is 0. The molecule has 1 atom stereocenters. The van der Waals surface area contributed by atoms with E-state index in [9.17, 15) is 0 Å². The normalized spacial score (nSPS) is 36.4. The van der Waals surface area contributed by atoms with E-state index >= 15 is 0 Å². The molecule has 42 valence electrons. The summed E-state index contributed by atoms with van der Waals surface area (Å²) in [7, 11) is -0.170. The van der Waals surface area contributed by atoms with Gasteiger partial charge in [-0.1, -0.05) is 18.1 Å². The first-order chi connectivity index (χ1) is 3.39. The molecule has 3 heteroatoms. The monoisotopic (exact) mass is 150 g/mol. The second kappa shape index (κ2) is 2.89. The maximum absolute atomic E-state index is 5.99. The van der Waals surface area contributed by atoms with E-state index in [2.05, 4.69) is 0 Å². The molecule has 7 heavy (non-hydrogen) atoms. The molecule has 1 aliphatic heterocycles. The lowest BCUT2D eigenvalue weighted by Gasteiger charge is -2.11. The van der Waals surface area contributed by atoms with Crippen LogP contribution in [0.1, 0.15) is 6.42 Å². The highest BCUT2D eigenvalue weighted by Crippen LogP contribution is 2.15. The molecular weight excluding hydrogens is 140 g/mol. The van der Waals surface area contributed by atoms with Crippen molar-refractivity contribution in [3.63, 3.8) is 0 Å². The lowest BCUT2D eigenvalue weighted by Crippen LogP contribution is -2.12. The fraction of sp³-hybridized carbons (Fsp3) is 1.00. The second-order valence-corrected chi connectivity index (χ2v) is 9.58. The lowest BCUT2D eigenvalue weighted by atomic mass is 10.6. The van der Waals surface area contributed by atoms with Crippen LogP contribution in [0.15, 0.2) is 0 Å². The van der Waals surface area contributed by atoms with Gasteiger partial charge in [-0.05, 0) is 6.04 Å². The Kier molecular flexibility index (Phi) is 2.42. The molecule has 0 N–H and O–H groups in total. The van der Waals surface area contributed by atoms with E-state index < -0.39 is 8.11 Å². The molecule has 1 fully saturated rings. The summed E-state index contributed by atoms with van der Waals surface area (Å²) < 4.78 is 0. The van der Waals surface area contributed by atoms with Gasteiger partial charge in [-0.3, -0.25) is 0 Å². The zero-order chi connectivity index (χ0) is 5.11. The topological polar surface area (TPSA) is 0 Å². The first-order valence-corrected chi connectivity index (χ1v) is 8.41. The van der Waals surface area contributed by atoms with Crippen molar-refractivity contribution < 1.29 is 0 Å². The van der Waals surface area contributed by atoms with Crippen molar-refractivity contribution in [1.29, 1.82) is 0 Å². The van der Waals surface area contributed by atoms with Gasteiger partial charge in [-0.2, -0.15) is 11.1 Å². The van der Waals surface area contributed by atoms with Crippen molar-refractivity contribution >= 4 is 28.7 Å². The Bertz CT molecular complexity index is 51.7. The molecule has 1 heterocycles. The average Bonchev–Trinajstić information content (AvgIpc) is 1.69. The Morgan fingerprint density at radius 1 is 1.57 bits per heavy atom. The molecule has 1 rings (SSSR count). The predicted molar refractivity (Wildman–Crippen MR) is 40.6 cm³/mol. The van der Waals surface area contributed by atoms with E-state index in [4.69, 9.17) is 11.1 Å². The zero-order valence-electron chi connectivity index (χ0n) is 4.49. The molecule has 0 amide bonds. The third kappa shape index (κ3) is 1.97. The molecular formula is C4H11ClSi2. The molecule has 0 aromatic rings. The third-order valence-electron chi connectivity index (χ3n) is 1.53. The smallest absolute Gasteiger partial charge is 0.137 e. The van der Waals surface area contributed by atoms with E-state index in [0.29, 0.717) is 9.52 Å². The Morgan fingerprint density at radius 3 is 2.71 bits per heavy atom. The number of halogens is 1. The molecule has 1 unspecified atom stereocenters. The van der Waals surface area contributed by atoms with E-state index in [1.807, 2.05) is 0 Å². The van der Waals surface area contributed by atoms with Crippen LogP contribution in [-0.4, -0.2) is 17.6 Å². The number of hydrogen-bond acceptors (Lipinski definition) is 0. The summed E-state index contributed by atoms with van der Waals surface area (Å²) in [6, 6.07) is 3.00. The van der Waals surface area contributed by atoms with Crippen LogP contribution in [0.25, 0.3) is 0 Å². The van der Waals surface area contributed by atoms with Crippen LogP contribution in [0.3, 0.4) is 0 Å². The molecule has 0 spiro atoms. The predicted octanol–water partition coefficient (Wildman–Crippen LogP) is 0.897. The average molecular weight is 151 g/mol. The Balaban J connectivity index is 2.12. The second-order valence-electron chi connectivity index (χ2n) is 2.24. The van der Waals surface area contributed by atoms with Gasteiger partial charge < -0.3 is 0 Å². The van der Waals surface area contributed by atoms with Crippen LogP contribution in [0.5, 0.6) is 0 Å². The first kappa shape index (κ1) is 5.85. The fourth-order valence-electron chi connectivity index (χ4n) is 1.05. The summed E-state index contributed by atoms with van der Waals surface area (Å²) in [6.45, 7) is 0. The fourth-order valence-corrected chi connectivity index (χ4v) is 8.94. The minimum Gasteiger partial charge on any atom is -0.172 e. The summed E-state index contributed by atoms with van der Waals surface area (Å²) in [4.78, 5) is 0. The van der Waals surface area contributed by atoms with Gasteiger partial charge in [0.1, 0.15) is 8.11 Å². The molecule has 0 radical (unpaired) electrons. The summed E-state index contributed by atoms with van der Waals surface area (Å²) in [6.07, 6.45) is 1.48. The minimum atomic E-state index is -0.561. The van der Waals surface area contributed by atoms with Gasteiger partial charge in [-0.25, -0.2) is 0 Å². The van der Waals surface area contributed by atoms with Gasteiger partial charge in [0, 0.05) is 9.52 Å². The van der Waals surface area contributed by atoms with Crippen LogP contribution in [0, 0.1) is 0 Å². The van der Waals surface area contributed by atoms with Crippen LogP contribution >= 0.6 is 11.1 Å². The van der Waals surface area contributed by atoms with Gasteiger partial charge in [0.05, 0.1) is 0 Å². The SMILES string of the molecule is Cl[SiH]1CCC[SiH2]C1. The van der Waals surface area contributed by atoms with E-state index in [-0.39, 0.29) is 0 Å². The van der Waals surface area contributed by atoms with E-state index in [1.165, 1.54) is 18.1 Å². The largest absolute Gasteiger partial charge is 0.172 e. The van der Waals surface area contributed by atoms with Gasteiger partial charge in [-0.15, -0.1) is 0 Å². The summed E-state index contributed by atoms with van der Waals surface area (Å²) >= 11 is 5.99. The molecule has 0 aromatic carbocycles. The molecule has 1 saturated heterocycles. The van der Waals surface area contributed by atoms with Gasteiger partial charge in [0.25, 0.3) is 0 Å². The van der Waals surface area contributed by atoms with Crippen LogP contribution in [0.4, 0.5) is 0 Å². The molecule has 0 aliphatic carbocycles. The summed E-state index contributed by atoms with van der Waals surface area (Å²) in [5.41, 5.74) is 1.53. The molecule has 0 nitrogen and oxygen atoms in total. The number of hydrogen-bond donors (Lipinski definition) is 0. The Hall–Kier alpha value is 0.724. The van der Waals surface area contributed by atoms with Crippen molar-refractivity contribution in [2.45, 2.75) is 24.2 Å². The minimum absolute atomic E-state index is 0.391. The summed E-state index contributed by atoms with van der Waals surface area (Å²) in [5, 5.41) is 0. The lowest BCUT2D eigenvalue weighted by molar-refractivity contribution is 1.04. The third-order valence-corrected chi connectivity index (χ3v) is 10.3. The van der Waals surface area contributed by atoms with Gasteiger partial charge in [0.15, 0.2) is 0 Å². The van der Waals surface area contributed by atoms with Crippen LogP contribution < -0.4 is 0 Å². The van der Waals surface area contributed by atoms with Crippen LogP contribution in [0.2, 0.25) is 17.8 Å². The van der Waals surface area contributed by atoms with Gasteiger partial charge >= 0.3 is 0 Å². The highest BCUT2D eigenvalue weighted by molar-refractivity contribution is 7.09. The van der Waals surface area contributed by atoms with Crippen molar-refractivity contribution in [3.05, 3.63) is 0 Å². The summed E-state index contributed by atoms with van der Waals surface area (Å²) in [5.74, 6) is 0. The van der Waals surface area contributed by atoms with Crippen molar-refractivity contribution in [2.24, 2.45) is 0 Å². The zero-order valence-corrected chi connectivity index (χ0v) is 7.82. The first-order valence-electron chi connectivity index (χ1n) is 3.03. The van der Waals surface area contributed by atoms with Crippen LogP contribution in [-0.2, 0) is 0 Å². The van der Waals surface area contributed by atoms with Crippen molar-refractivity contribution in [1.82, 2.24) is 0 Å². The molecule has 1 aliphatic rings. The maximum atomic E-state index is 5.99. The standard InChI is InChI=1S/C4H11ClSi2/c5-7-3-1-2-6-4-7/h7H,1-4,6H2. The molecule has 0 bridgehead atoms. The maximum Gasteiger partial charge on any atom is 0.137 e.